The molecule has 3 N–H and O–H groups in total. The number of unbranched alkanes of at least 4 members (excludes halogenated alkanes) is 1. The van der Waals surface area contributed by atoms with Gasteiger partial charge >= 0.3 is 0 Å². The number of benzene rings is 1. The van der Waals surface area contributed by atoms with E-state index in [0.29, 0.717) is 13.1 Å². The normalized spacial score (nSPS) is 12.2. The Morgan fingerprint density at radius 3 is 2.45 bits per heavy atom. The molecule has 1 aromatic rings. The van der Waals surface area contributed by atoms with Crippen LogP contribution in [0.15, 0.2) is 40.2 Å². The van der Waals surface area contributed by atoms with Gasteiger partial charge in [0.1, 0.15) is 0 Å². The van der Waals surface area contributed by atoms with Gasteiger partial charge in [0, 0.05) is 26.2 Å². The van der Waals surface area contributed by atoms with Crippen LogP contribution in [0.25, 0.3) is 0 Å². The van der Waals surface area contributed by atoms with Crippen molar-refractivity contribution < 1.29 is 8.42 Å². The quantitative estimate of drug-likeness (QED) is 0.363. The molecule has 0 spiro atoms. The van der Waals surface area contributed by atoms with Crippen molar-refractivity contribution in [3.05, 3.63) is 30.3 Å². The Morgan fingerprint density at radius 1 is 1.09 bits per heavy atom. The zero-order chi connectivity index (χ0) is 16.3. The van der Waals surface area contributed by atoms with Crippen LogP contribution in [-0.2, 0) is 10.0 Å². The number of guanidine groups is 1. The van der Waals surface area contributed by atoms with Gasteiger partial charge in [0.2, 0.25) is 10.0 Å². The maximum absolute atomic E-state index is 12.0. The molecule has 0 saturated heterocycles. The smallest absolute Gasteiger partial charge is 0.240 e. The van der Waals surface area contributed by atoms with Gasteiger partial charge in [-0.25, -0.2) is 13.1 Å². The Hall–Kier alpha value is -1.60. The van der Waals surface area contributed by atoms with E-state index in [1.54, 1.807) is 30.3 Å². The predicted octanol–water partition coefficient (Wildman–Crippen LogP) is 1.32. The van der Waals surface area contributed by atoms with E-state index in [2.05, 4.69) is 27.3 Å². The summed E-state index contributed by atoms with van der Waals surface area (Å²) in [6.45, 7) is 6.43. The van der Waals surface area contributed by atoms with Crippen molar-refractivity contribution in [2.75, 3.05) is 26.2 Å². The molecule has 6 nitrogen and oxygen atoms in total. The SMILES string of the molecule is CCCCN=C(NCC)NCCNS(=O)(=O)c1ccccc1. The van der Waals surface area contributed by atoms with Gasteiger partial charge in [-0.15, -0.1) is 0 Å². The molecule has 124 valence electrons. The van der Waals surface area contributed by atoms with Gasteiger partial charge in [-0.05, 0) is 25.5 Å². The molecule has 22 heavy (non-hydrogen) atoms. The first kappa shape index (κ1) is 18.4. The fourth-order valence-electron chi connectivity index (χ4n) is 1.74. The zero-order valence-corrected chi connectivity index (χ0v) is 14.1. The average molecular weight is 326 g/mol. The number of aliphatic imine (C=N–C) groups is 1. The fraction of sp³-hybridized carbons (Fsp3) is 0.533. The van der Waals surface area contributed by atoms with E-state index in [0.717, 1.165) is 31.9 Å². The summed E-state index contributed by atoms with van der Waals surface area (Å²) in [7, 11) is -3.44. The van der Waals surface area contributed by atoms with Crippen molar-refractivity contribution in [1.82, 2.24) is 15.4 Å². The highest BCUT2D eigenvalue weighted by atomic mass is 32.2. The van der Waals surface area contributed by atoms with Crippen LogP contribution >= 0.6 is 0 Å². The number of nitrogens with zero attached hydrogens (tertiary/aromatic N) is 1. The Kier molecular flexibility index (Phi) is 8.54. The van der Waals surface area contributed by atoms with Gasteiger partial charge in [-0.2, -0.15) is 0 Å². The summed E-state index contributed by atoms with van der Waals surface area (Å²) in [5.41, 5.74) is 0. The number of hydrogen-bond donors (Lipinski definition) is 3. The van der Waals surface area contributed by atoms with Gasteiger partial charge < -0.3 is 10.6 Å². The van der Waals surface area contributed by atoms with Crippen molar-refractivity contribution in [3.63, 3.8) is 0 Å². The Balaban J connectivity index is 2.41. The van der Waals surface area contributed by atoms with Crippen LogP contribution in [-0.4, -0.2) is 40.6 Å². The maximum atomic E-state index is 12.0. The molecular weight excluding hydrogens is 300 g/mol. The minimum absolute atomic E-state index is 0.276. The average Bonchev–Trinajstić information content (AvgIpc) is 2.52. The molecule has 0 unspecified atom stereocenters. The van der Waals surface area contributed by atoms with E-state index >= 15 is 0 Å². The molecule has 0 saturated carbocycles. The zero-order valence-electron chi connectivity index (χ0n) is 13.3. The van der Waals surface area contributed by atoms with E-state index in [-0.39, 0.29) is 4.90 Å². The number of sulfonamides is 1. The molecule has 0 aliphatic heterocycles. The lowest BCUT2D eigenvalue weighted by Crippen LogP contribution is -2.41. The third-order valence-corrected chi connectivity index (χ3v) is 4.37. The van der Waals surface area contributed by atoms with Crippen LogP contribution in [0, 0.1) is 0 Å². The molecule has 1 rings (SSSR count). The second kappa shape index (κ2) is 10.2. The van der Waals surface area contributed by atoms with Gasteiger partial charge in [0.05, 0.1) is 4.90 Å². The van der Waals surface area contributed by atoms with E-state index in [1.807, 2.05) is 6.92 Å². The molecule has 0 bridgehead atoms. The summed E-state index contributed by atoms with van der Waals surface area (Å²) < 4.78 is 26.6. The van der Waals surface area contributed by atoms with Crippen molar-refractivity contribution in [2.45, 2.75) is 31.6 Å². The number of rotatable bonds is 9. The molecule has 0 amide bonds. The molecule has 0 heterocycles. The molecule has 7 heteroatoms. The Labute approximate surface area is 133 Å². The first-order chi connectivity index (χ1) is 10.6. The predicted molar refractivity (Wildman–Crippen MR) is 90.5 cm³/mol. The van der Waals surface area contributed by atoms with E-state index in [9.17, 15) is 8.42 Å². The summed E-state index contributed by atoms with van der Waals surface area (Å²) in [5.74, 6) is 0.717. The number of hydrogen-bond acceptors (Lipinski definition) is 3. The molecular formula is C15H26N4O2S. The topological polar surface area (TPSA) is 82.6 Å². The number of nitrogens with one attached hydrogen (secondary N) is 3. The minimum atomic E-state index is -3.44. The van der Waals surface area contributed by atoms with E-state index < -0.39 is 10.0 Å². The highest BCUT2D eigenvalue weighted by Crippen LogP contribution is 2.06. The molecule has 0 aliphatic carbocycles. The maximum Gasteiger partial charge on any atom is 0.240 e. The summed E-state index contributed by atoms with van der Waals surface area (Å²) in [5, 5.41) is 6.25. The van der Waals surface area contributed by atoms with Gasteiger partial charge in [0.25, 0.3) is 0 Å². The lowest BCUT2D eigenvalue weighted by molar-refractivity contribution is 0.580. The highest BCUT2D eigenvalue weighted by molar-refractivity contribution is 7.89. The summed E-state index contributed by atoms with van der Waals surface area (Å²) in [6, 6.07) is 8.35. The third kappa shape index (κ3) is 6.91. The summed E-state index contributed by atoms with van der Waals surface area (Å²) >= 11 is 0. The van der Waals surface area contributed by atoms with Crippen molar-refractivity contribution in [2.24, 2.45) is 4.99 Å². The largest absolute Gasteiger partial charge is 0.357 e. The molecule has 0 radical (unpaired) electrons. The van der Waals surface area contributed by atoms with Gasteiger partial charge in [-0.3, -0.25) is 4.99 Å². The van der Waals surface area contributed by atoms with Crippen LogP contribution in [0.2, 0.25) is 0 Å². The molecule has 1 aromatic carbocycles. The summed E-state index contributed by atoms with van der Waals surface area (Å²) in [4.78, 5) is 4.69. The Morgan fingerprint density at radius 2 is 1.82 bits per heavy atom. The minimum Gasteiger partial charge on any atom is -0.357 e. The van der Waals surface area contributed by atoms with Crippen LogP contribution in [0.5, 0.6) is 0 Å². The van der Waals surface area contributed by atoms with Gasteiger partial charge in [-0.1, -0.05) is 31.5 Å². The van der Waals surface area contributed by atoms with E-state index in [4.69, 9.17) is 0 Å². The fourth-order valence-corrected chi connectivity index (χ4v) is 2.79. The second-order valence-electron chi connectivity index (χ2n) is 4.75. The van der Waals surface area contributed by atoms with E-state index in [1.165, 1.54) is 0 Å². The van der Waals surface area contributed by atoms with Crippen molar-refractivity contribution >= 4 is 16.0 Å². The lowest BCUT2D eigenvalue weighted by Gasteiger charge is -2.12. The summed E-state index contributed by atoms with van der Waals surface area (Å²) in [6.07, 6.45) is 2.14. The molecule has 0 aromatic heterocycles. The first-order valence-electron chi connectivity index (χ1n) is 7.67. The molecule has 0 aliphatic rings. The highest BCUT2D eigenvalue weighted by Gasteiger charge is 2.11. The van der Waals surface area contributed by atoms with Gasteiger partial charge in [0.15, 0.2) is 5.96 Å². The van der Waals surface area contributed by atoms with Crippen LogP contribution in [0.1, 0.15) is 26.7 Å². The van der Waals surface area contributed by atoms with Crippen LogP contribution in [0.4, 0.5) is 0 Å². The Bertz CT molecular complexity index is 544. The first-order valence-corrected chi connectivity index (χ1v) is 9.15. The van der Waals surface area contributed by atoms with Crippen molar-refractivity contribution in [1.29, 1.82) is 0 Å². The van der Waals surface area contributed by atoms with Crippen LogP contribution < -0.4 is 15.4 Å². The van der Waals surface area contributed by atoms with Crippen LogP contribution in [0.3, 0.4) is 0 Å². The van der Waals surface area contributed by atoms with Crippen molar-refractivity contribution in [3.8, 4) is 0 Å². The molecule has 0 atom stereocenters. The monoisotopic (exact) mass is 326 g/mol. The third-order valence-electron chi connectivity index (χ3n) is 2.89. The molecule has 0 fully saturated rings. The second-order valence-corrected chi connectivity index (χ2v) is 6.52. The lowest BCUT2D eigenvalue weighted by atomic mass is 10.3. The standard InChI is InChI=1S/C15H26N4O2S/c1-3-5-11-17-15(16-4-2)18-12-13-19-22(20,21)14-9-7-6-8-10-14/h6-10,19H,3-5,11-13H2,1-2H3,(H2,16,17,18).